The van der Waals surface area contributed by atoms with Crippen LogP contribution in [0, 0.1) is 6.92 Å². The van der Waals surface area contributed by atoms with Crippen molar-refractivity contribution in [1.29, 1.82) is 0 Å². The van der Waals surface area contributed by atoms with Crippen molar-refractivity contribution in [3.05, 3.63) is 41.9 Å². The van der Waals surface area contributed by atoms with Crippen molar-refractivity contribution in [3.63, 3.8) is 0 Å². The van der Waals surface area contributed by atoms with Crippen molar-refractivity contribution in [2.24, 2.45) is 0 Å². The Hall–Kier alpha value is -1.17. The minimum atomic E-state index is 0.677. The Morgan fingerprint density at radius 1 is 1.47 bits per heavy atom. The molecule has 0 saturated heterocycles. The lowest BCUT2D eigenvalue weighted by molar-refractivity contribution is 0.112. The molecule has 0 aliphatic carbocycles. The average Bonchev–Trinajstić information content (AvgIpc) is 2.65. The standard InChI is InChI=1S/C11H9IN2O/c1-8-2-3-9(6-15)10(4-8)11-5-14(12)7-13-11/h2-7H,1H3. The number of hydrogen-bond acceptors (Lipinski definition) is 2. The first kappa shape index (κ1) is 10.4. The number of aldehydes is 1. The van der Waals surface area contributed by atoms with E-state index in [9.17, 15) is 4.79 Å². The normalized spacial score (nSPS) is 10.3. The first-order valence-electron chi connectivity index (χ1n) is 4.47. The fourth-order valence-corrected chi connectivity index (χ4v) is 1.82. The van der Waals surface area contributed by atoms with Gasteiger partial charge in [-0.05, 0) is 13.0 Å². The summed E-state index contributed by atoms with van der Waals surface area (Å²) >= 11 is 2.13. The lowest BCUT2D eigenvalue weighted by Crippen LogP contribution is -1.88. The zero-order valence-electron chi connectivity index (χ0n) is 8.14. The largest absolute Gasteiger partial charge is 0.298 e. The van der Waals surface area contributed by atoms with Crippen LogP contribution in [0.1, 0.15) is 15.9 Å². The number of aryl methyl sites for hydroxylation is 1. The number of aromatic nitrogens is 2. The summed E-state index contributed by atoms with van der Waals surface area (Å²) in [6, 6.07) is 5.72. The maximum Gasteiger partial charge on any atom is 0.150 e. The Balaban J connectivity index is 2.59. The van der Waals surface area contributed by atoms with Gasteiger partial charge in [-0.25, -0.2) is 4.98 Å². The van der Waals surface area contributed by atoms with Crippen molar-refractivity contribution in [2.45, 2.75) is 6.92 Å². The smallest absolute Gasteiger partial charge is 0.150 e. The van der Waals surface area contributed by atoms with E-state index < -0.39 is 0 Å². The second kappa shape index (κ2) is 4.14. The fourth-order valence-electron chi connectivity index (χ4n) is 1.43. The van der Waals surface area contributed by atoms with E-state index in [-0.39, 0.29) is 0 Å². The molecule has 2 rings (SSSR count). The Morgan fingerprint density at radius 2 is 2.27 bits per heavy atom. The predicted octanol–water partition coefficient (Wildman–Crippen LogP) is 2.87. The molecule has 3 nitrogen and oxygen atoms in total. The Kier molecular flexibility index (Phi) is 2.86. The van der Waals surface area contributed by atoms with Crippen LogP contribution in [0.25, 0.3) is 11.3 Å². The first-order valence-corrected chi connectivity index (χ1v) is 5.43. The maximum absolute atomic E-state index is 10.9. The van der Waals surface area contributed by atoms with Crippen molar-refractivity contribution in [1.82, 2.24) is 7.76 Å². The zero-order valence-corrected chi connectivity index (χ0v) is 10.3. The molecule has 0 N–H and O–H groups in total. The number of halogens is 1. The molecular formula is C11H9IN2O. The van der Waals surface area contributed by atoms with Gasteiger partial charge in [-0.2, -0.15) is 0 Å². The molecule has 0 aliphatic heterocycles. The summed E-state index contributed by atoms with van der Waals surface area (Å²) in [7, 11) is 0. The Labute approximate surface area is 102 Å². The van der Waals surface area contributed by atoms with Crippen LogP contribution in [0.2, 0.25) is 0 Å². The van der Waals surface area contributed by atoms with E-state index >= 15 is 0 Å². The second-order valence-electron chi connectivity index (χ2n) is 3.31. The number of benzene rings is 1. The maximum atomic E-state index is 10.9. The van der Waals surface area contributed by atoms with E-state index in [1.807, 2.05) is 34.1 Å². The zero-order chi connectivity index (χ0) is 10.8. The molecule has 0 bridgehead atoms. The van der Waals surface area contributed by atoms with Gasteiger partial charge in [-0.1, -0.05) is 17.7 Å². The highest BCUT2D eigenvalue weighted by molar-refractivity contribution is 14.1. The lowest BCUT2D eigenvalue weighted by atomic mass is 10.0. The molecule has 15 heavy (non-hydrogen) atoms. The summed E-state index contributed by atoms with van der Waals surface area (Å²) in [6.45, 7) is 2.00. The summed E-state index contributed by atoms with van der Waals surface area (Å²) in [4.78, 5) is 15.1. The molecule has 0 radical (unpaired) electrons. The molecule has 1 aromatic carbocycles. The van der Waals surface area contributed by atoms with E-state index in [4.69, 9.17) is 0 Å². The molecule has 0 fully saturated rings. The molecule has 2 aromatic rings. The highest BCUT2D eigenvalue weighted by Gasteiger charge is 2.07. The molecule has 1 aromatic heterocycles. The van der Waals surface area contributed by atoms with Gasteiger partial charge in [0.2, 0.25) is 0 Å². The number of carbonyl (C=O) groups excluding carboxylic acids is 1. The van der Waals surface area contributed by atoms with Crippen LogP contribution < -0.4 is 0 Å². The van der Waals surface area contributed by atoms with Crippen LogP contribution in [0.15, 0.2) is 30.7 Å². The van der Waals surface area contributed by atoms with Crippen molar-refractivity contribution in [3.8, 4) is 11.3 Å². The molecule has 0 saturated carbocycles. The quantitative estimate of drug-likeness (QED) is 0.631. The van der Waals surface area contributed by atoms with Gasteiger partial charge < -0.3 is 0 Å². The minimum Gasteiger partial charge on any atom is -0.298 e. The van der Waals surface area contributed by atoms with Gasteiger partial charge in [0, 0.05) is 17.3 Å². The number of carbonyl (C=O) groups is 1. The number of nitrogens with zero attached hydrogens (tertiary/aromatic N) is 2. The predicted molar refractivity (Wildman–Crippen MR) is 67.2 cm³/mol. The van der Waals surface area contributed by atoms with Gasteiger partial charge in [0.15, 0.2) is 6.29 Å². The average molecular weight is 312 g/mol. The molecule has 1 heterocycles. The minimum absolute atomic E-state index is 0.677. The molecule has 0 spiro atoms. The first-order chi connectivity index (χ1) is 7.20. The molecule has 0 atom stereocenters. The monoisotopic (exact) mass is 312 g/mol. The van der Waals surface area contributed by atoms with E-state index in [1.165, 1.54) is 0 Å². The number of imidazole rings is 1. The lowest BCUT2D eigenvalue weighted by Gasteiger charge is -2.02. The van der Waals surface area contributed by atoms with E-state index in [0.717, 1.165) is 23.1 Å². The fraction of sp³-hybridized carbons (Fsp3) is 0.0909. The van der Waals surface area contributed by atoms with E-state index in [0.29, 0.717) is 5.56 Å². The van der Waals surface area contributed by atoms with Crippen LogP contribution in [0.4, 0.5) is 0 Å². The van der Waals surface area contributed by atoms with Crippen molar-refractivity contribution < 1.29 is 4.79 Å². The van der Waals surface area contributed by atoms with Gasteiger partial charge >= 0.3 is 0 Å². The molecule has 0 aliphatic rings. The highest BCUT2D eigenvalue weighted by Crippen LogP contribution is 2.22. The van der Waals surface area contributed by atoms with Gasteiger partial charge in [0.1, 0.15) is 6.33 Å². The van der Waals surface area contributed by atoms with Gasteiger partial charge in [0.25, 0.3) is 0 Å². The summed E-state index contributed by atoms with van der Waals surface area (Å²) in [5, 5.41) is 0. The number of rotatable bonds is 2. The van der Waals surface area contributed by atoms with E-state index in [1.54, 1.807) is 6.33 Å². The van der Waals surface area contributed by atoms with E-state index in [2.05, 4.69) is 27.8 Å². The molecule has 0 unspecified atom stereocenters. The van der Waals surface area contributed by atoms with Crippen LogP contribution in [-0.4, -0.2) is 14.1 Å². The van der Waals surface area contributed by atoms with Crippen molar-refractivity contribution in [2.75, 3.05) is 0 Å². The van der Waals surface area contributed by atoms with Gasteiger partial charge in [0.05, 0.1) is 28.6 Å². The van der Waals surface area contributed by atoms with Crippen LogP contribution in [0.5, 0.6) is 0 Å². The molecule has 76 valence electrons. The van der Waals surface area contributed by atoms with Crippen molar-refractivity contribution >= 4 is 29.2 Å². The summed E-state index contributed by atoms with van der Waals surface area (Å²) < 4.78 is 1.84. The Morgan fingerprint density at radius 3 is 2.87 bits per heavy atom. The molecular weight excluding hydrogens is 303 g/mol. The van der Waals surface area contributed by atoms with Crippen LogP contribution >= 0.6 is 22.9 Å². The third-order valence-electron chi connectivity index (χ3n) is 2.16. The Bertz CT molecular complexity index is 505. The third kappa shape index (κ3) is 2.09. The third-order valence-corrected chi connectivity index (χ3v) is 2.69. The SMILES string of the molecule is Cc1ccc(C=O)c(-c2cn(I)cn2)c1. The molecule has 0 amide bonds. The highest BCUT2D eigenvalue weighted by atomic mass is 127. The summed E-state index contributed by atoms with van der Waals surface area (Å²) in [6.07, 6.45) is 4.47. The molecule has 4 heteroatoms. The van der Waals surface area contributed by atoms with Crippen LogP contribution in [0.3, 0.4) is 0 Å². The number of hydrogen-bond donors (Lipinski definition) is 0. The van der Waals surface area contributed by atoms with Gasteiger partial charge in [-0.3, -0.25) is 7.58 Å². The summed E-state index contributed by atoms with van der Waals surface area (Å²) in [5.41, 5.74) is 3.52. The van der Waals surface area contributed by atoms with Crippen LogP contribution in [-0.2, 0) is 0 Å². The second-order valence-corrected chi connectivity index (χ2v) is 4.43. The topological polar surface area (TPSA) is 34.9 Å². The van der Waals surface area contributed by atoms with Gasteiger partial charge in [-0.15, -0.1) is 0 Å². The summed E-state index contributed by atoms with van der Waals surface area (Å²) in [5.74, 6) is 0.